The molecule has 0 aliphatic rings. The van der Waals surface area contributed by atoms with Gasteiger partial charge in [-0.1, -0.05) is 12.1 Å². The average molecular weight is 330 g/mol. The molecule has 2 rings (SSSR count). The van der Waals surface area contributed by atoms with Gasteiger partial charge in [0, 0.05) is 19.3 Å². The smallest absolute Gasteiger partial charge is 0.336 e. The minimum Gasteiger partial charge on any atom is -0.336 e. The Kier molecular flexibility index (Phi) is 5.20. The number of hydrogen-bond acceptors (Lipinski definition) is 2. The quantitative estimate of drug-likeness (QED) is 0.828. The van der Waals surface area contributed by atoms with Gasteiger partial charge in [-0.25, -0.2) is 9.18 Å². The summed E-state index contributed by atoms with van der Waals surface area (Å²) < 4.78 is 50.9. The number of aromatic nitrogens is 2. The highest BCUT2D eigenvalue weighted by atomic mass is 19.4. The summed E-state index contributed by atoms with van der Waals surface area (Å²) in [4.78, 5) is 11.5. The van der Waals surface area contributed by atoms with Crippen molar-refractivity contribution in [3.63, 3.8) is 0 Å². The highest BCUT2D eigenvalue weighted by Gasteiger charge is 2.33. The van der Waals surface area contributed by atoms with Crippen molar-refractivity contribution in [2.75, 3.05) is 6.54 Å². The van der Waals surface area contributed by atoms with E-state index in [0.29, 0.717) is 0 Å². The summed E-state index contributed by atoms with van der Waals surface area (Å²) >= 11 is 0. The minimum absolute atomic E-state index is 0.111. The molecule has 1 aromatic heterocycles. The lowest BCUT2D eigenvalue weighted by molar-refractivity contribution is -0.141. The maximum absolute atomic E-state index is 12.7. The molecule has 2 aromatic rings. The van der Waals surface area contributed by atoms with Gasteiger partial charge in [0.05, 0.1) is 6.54 Å². The molecule has 2 N–H and O–H groups in total. The van der Waals surface area contributed by atoms with E-state index in [0.717, 1.165) is 16.3 Å². The first-order valence-electron chi connectivity index (χ1n) is 6.71. The Morgan fingerprint density at radius 2 is 1.83 bits per heavy atom. The lowest BCUT2D eigenvalue weighted by Crippen LogP contribution is -2.36. The maximum atomic E-state index is 12.7. The standard InChI is InChI=1S/C14H14F4N4O/c15-11-3-1-10(2-4-11)9-20-13(23)19-6-8-22-7-5-12(21-22)14(16,17)18/h1-5,7H,6,8-9H2,(H2,19,20,23). The third kappa shape index (κ3) is 5.28. The van der Waals surface area contributed by atoms with Crippen molar-refractivity contribution in [2.45, 2.75) is 19.3 Å². The van der Waals surface area contributed by atoms with Gasteiger partial charge in [0.1, 0.15) is 5.82 Å². The highest BCUT2D eigenvalue weighted by Crippen LogP contribution is 2.27. The van der Waals surface area contributed by atoms with E-state index in [1.807, 2.05) is 0 Å². The Morgan fingerprint density at radius 1 is 1.13 bits per heavy atom. The molecule has 124 valence electrons. The van der Waals surface area contributed by atoms with E-state index in [4.69, 9.17) is 0 Å². The monoisotopic (exact) mass is 330 g/mol. The van der Waals surface area contributed by atoms with E-state index >= 15 is 0 Å². The molecule has 2 amide bonds. The van der Waals surface area contributed by atoms with Crippen LogP contribution in [0.1, 0.15) is 11.3 Å². The van der Waals surface area contributed by atoms with Crippen LogP contribution in [-0.4, -0.2) is 22.4 Å². The van der Waals surface area contributed by atoms with E-state index in [2.05, 4.69) is 15.7 Å². The topological polar surface area (TPSA) is 59.0 Å². The molecule has 0 aliphatic carbocycles. The van der Waals surface area contributed by atoms with Gasteiger partial charge in [0.25, 0.3) is 0 Å². The first-order chi connectivity index (χ1) is 10.8. The number of amides is 2. The number of alkyl halides is 3. The lowest BCUT2D eigenvalue weighted by atomic mass is 10.2. The van der Waals surface area contributed by atoms with Gasteiger partial charge >= 0.3 is 12.2 Å². The van der Waals surface area contributed by atoms with Gasteiger partial charge in [-0.15, -0.1) is 0 Å². The number of benzene rings is 1. The van der Waals surface area contributed by atoms with Crippen molar-refractivity contribution >= 4 is 6.03 Å². The number of nitrogens with one attached hydrogen (secondary N) is 2. The number of carbonyl (C=O) groups excluding carboxylic acids is 1. The largest absolute Gasteiger partial charge is 0.435 e. The molecule has 23 heavy (non-hydrogen) atoms. The van der Waals surface area contributed by atoms with Crippen molar-refractivity contribution in [3.05, 3.63) is 53.6 Å². The summed E-state index contributed by atoms with van der Waals surface area (Å²) in [5.41, 5.74) is -0.248. The number of carbonyl (C=O) groups is 1. The van der Waals surface area contributed by atoms with Crippen LogP contribution in [0.5, 0.6) is 0 Å². The minimum atomic E-state index is -4.48. The van der Waals surface area contributed by atoms with Crippen molar-refractivity contribution in [3.8, 4) is 0 Å². The van der Waals surface area contributed by atoms with Gasteiger partial charge in [-0.05, 0) is 23.8 Å². The van der Waals surface area contributed by atoms with Crippen LogP contribution in [0.15, 0.2) is 36.5 Å². The summed E-state index contributed by atoms with van der Waals surface area (Å²) in [5.74, 6) is -0.365. The van der Waals surface area contributed by atoms with Gasteiger partial charge in [-0.3, -0.25) is 4.68 Å². The number of nitrogens with zero attached hydrogens (tertiary/aromatic N) is 2. The van der Waals surface area contributed by atoms with Crippen molar-refractivity contribution in [1.29, 1.82) is 0 Å². The Balaban J connectivity index is 1.70. The number of hydrogen-bond donors (Lipinski definition) is 2. The molecule has 0 atom stereocenters. The molecule has 1 heterocycles. The zero-order chi connectivity index (χ0) is 16.9. The first-order valence-corrected chi connectivity index (χ1v) is 6.71. The Hall–Kier alpha value is -2.58. The summed E-state index contributed by atoms with van der Waals surface area (Å²) in [6, 6.07) is 6.04. The van der Waals surface area contributed by atoms with Crippen LogP contribution in [-0.2, 0) is 19.3 Å². The molecule has 5 nitrogen and oxygen atoms in total. The van der Waals surface area contributed by atoms with E-state index in [1.54, 1.807) is 0 Å². The molecule has 0 fully saturated rings. The molecule has 0 saturated carbocycles. The van der Waals surface area contributed by atoms with Crippen LogP contribution >= 0.6 is 0 Å². The SMILES string of the molecule is O=C(NCCn1ccc(C(F)(F)F)n1)NCc1ccc(F)cc1. The predicted octanol–water partition coefficient (Wildman–Crippen LogP) is 2.54. The Morgan fingerprint density at radius 3 is 2.43 bits per heavy atom. The third-order valence-electron chi connectivity index (χ3n) is 2.92. The molecule has 0 unspecified atom stereocenters. The lowest BCUT2D eigenvalue weighted by Gasteiger charge is -2.08. The summed E-state index contributed by atoms with van der Waals surface area (Å²) in [7, 11) is 0. The fourth-order valence-electron chi connectivity index (χ4n) is 1.77. The zero-order valence-corrected chi connectivity index (χ0v) is 11.9. The first kappa shape index (κ1) is 16.8. The van der Waals surface area contributed by atoms with Gasteiger partial charge in [-0.2, -0.15) is 18.3 Å². The Labute approximate surface area is 129 Å². The van der Waals surface area contributed by atoms with Gasteiger partial charge in [0.2, 0.25) is 0 Å². The van der Waals surface area contributed by atoms with E-state index < -0.39 is 17.9 Å². The average Bonchev–Trinajstić information content (AvgIpc) is 2.96. The fourth-order valence-corrected chi connectivity index (χ4v) is 1.77. The highest BCUT2D eigenvalue weighted by molar-refractivity contribution is 5.73. The second-order valence-electron chi connectivity index (χ2n) is 4.70. The molecule has 0 radical (unpaired) electrons. The molecule has 0 spiro atoms. The molecule has 1 aromatic carbocycles. The third-order valence-corrected chi connectivity index (χ3v) is 2.92. The molecule has 0 bridgehead atoms. The van der Waals surface area contributed by atoms with E-state index in [-0.39, 0.29) is 25.5 Å². The molecular weight excluding hydrogens is 316 g/mol. The predicted molar refractivity (Wildman–Crippen MR) is 73.9 cm³/mol. The van der Waals surface area contributed by atoms with Crippen LogP contribution in [0.25, 0.3) is 0 Å². The molecule has 0 saturated heterocycles. The maximum Gasteiger partial charge on any atom is 0.435 e. The van der Waals surface area contributed by atoms with Crippen LogP contribution in [0.4, 0.5) is 22.4 Å². The zero-order valence-electron chi connectivity index (χ0n) is 11.9. The Bertz CT molecular complexity index is 652. The second-order valence-corrected chi connectivity index (χ2v) is 4.70. The van der Waals surface area contributed by atoms with Gasteiger partial charge in [0.15, 0.2) is 5.69 Å². The van der Waals surface area contributed by atoms with Crippen molar-refractivity contribution in [1.82, 2.24) is 20.4 Å². The van der Waals surface area contributed by atoms with Gasteiger partial charge < -0.3 is 10.6 Å². The van der Waals surface area contributed by atoms with Crippen LogP contribution < -0.4 is 10.6 Å². The second kappa shape index (κ2) is 7.12. The summed E-state index contributed by atoms with van der Waals surface area (Å²) in [5, 5.41) is 8.41. The fraction of sp³-hybridized carbons (Fsp3) is 0.286. The number of halogens is 4. The number of rotatable bonds is 5. The molecule has 9 heteroatoms. The van der Waals surface area contributed by atoms with E-state index in [1.165, 1.54) is 30.5 Å². The normalized spacial score (nSPS) is 11.3. The van der Waals surface area contributed by atoms with E-state index in [9.17, 15) is 22.4 Å². The van der Waals surface area contributed by atoms with Crippen LogP contribution in [0.3, 0.4) is 0 Å². The molecular formula is C14H14F4N4O. The number of urea groups is 1. The summed E-state index contributed by atoms with van der Waals surface area (Å²) in [6.07, 6.45) is -3.29. The molecule has 0 aliphatic heterocycles. The van der Waals surface area contributed by atoms with Crippen molar-refractivity contribution < 1.29 is 22.4 Å². The summed E-state index contributed by atoms with van der Waals surface area (Å²) in [6.45, 7) is 0.445. The van der Waals surface area contributed by atoms with Crippen LogP contribution in [0.2, 0.25) is 0 Å². The van der Waals surface area contributed by atoms with Crippen LogP contribution in [0, 0.1) is 5.82 Å². The van der Waals surface area contributed by atoms with Crippen molar-refractivity contribution in [2.24, 2.45) is 0 Å².